The van der Waals surface area contributed by atoms with E-state index in [0.29, 0.717) is 10.8 Å². The molecular formula is C19H14N4OS. The lowest BCUT2D eigenvalue weighted by molar-refractivity contribution is 0.873. The van der Waals surface area contributed by atoms with Crippen LogP contribution in [-0.4, -0.2) is 14.8 Å². The van der Waals surface area contributed by atoms with Crippen molar-refractivity contribution in [3.05, 3.63) is 76.5 Å². The highest BCUT2D eigenvalue weighted by Gasteiger charge is 2.17. The largest absolute Gasteiger partial charge is 0.218 e. The summed E-state index contributed by atoms with van der Waals surface area (Å²) in [5, 5.41) is 8.29. The number of rotatable bonds is 4. The third kappa shape index (κ3) is 2.88. The number of hydrogen-bond acceptors (Lipinski definition) is 5. The highest BCUT2D eigenvalue weighted by molar-refractivity contribution is 7.14. The minimum atomic E-state index is 0.243. The normalized spacial score (nSPS) is 10.8. The highest BCUT2D eigenvalue weighted by Crippen LogP contribution is 2.33. The molecule has 4 aromatic rings. The Labute approximate surface area is 148 Å². The second kappa shape index (κ2) is 6.41. The van der Waals surface area contributed by atoms with Crippen LogP contribution in [0.4, 0.5) is 5.82 Å². The van der Waals surface area contributed by atoms with E-state index in [4.69, 9.17) is 0 Å². The molecule has 0 N–H and O–H groups in total. The van der Waals surface area contributed by atoms with Crippen LogP contribution in [0.2, 0.25) is 0 Å². The van der Waals surface area contributed by atoms with Crippen molar-refractivity contribution in [2.75, 3.05) is 0 Å². The van der Waals surface area contributed by atoms with Crippen LogP contribution >= 0.6 is 11.3 Å². The summed E-state index contributed by atoms with van der Waals surface area (Å²) in [6.45, 7) is 2.01. The van der Waals surface area contributed by atoms with Crippen molar-refractivity contribution in [2.24, 2.45) is 5.18 Å². The Kier molecular flexibility index (Phi) is 3.95. The predicted molar refractivity (Wildman–Crippen MR) is 100 cm³/mol. The van der Waals surface area contributed by atoms with E-state index >= 15 is 0 Å². The maximum atomic E-state index is 11.3. The first kappa shape index (κ1) is 15.4. The summed E-state index contributed by atoms with van der Waals surface area (Å²) in [7, 11) is 0. The number of benzene rings is 2. The molecule has 0 saturated carbocycles. The molecular weight excluding hydrogens is 332 g/mol. The summed E-state index contributed by atoms with van der Waals surface area (Å²) in [5.41, 5.74) is 3.57. The maximum Gasteiger partial charge on any atom is 0.213 e. The van der Waals surface area contributed by atoms with E-state index < -0.39 is 0 Å². The van der Waals surface area contributed by atoms with Gasteiger partial charge < -0.3 is 0 Å². The molecule has 2 heterocycles. The van der Waals surface area contributed by atoms with Gasteiger partial charge in [-0.1, -0.05) is 72.0 Å². The first-order chi connectivity index (χ1) is 12.3. The van der Waals surface area contributed by atoms with Crippen molar-refractivity contribution in [1.29, 1.82) is 0 Å². The van der Waals surface area contributed by atoms with E-state index in [1.54, 1.807) is 6.07 Å². The zero-order valence-electron chi connectivity index (χ0n) is 13.5. The Hall–Kier alpha value is -3.12. The molecule has 2 aromatic carbocycles. The molecule has 0 aliphatic heterocycles. The van der Waals surface area contributed by atoms with Gasteiger partial charge >= 0.3 is 0 Å². The Morgan fingerprint density at radius 3 is 2.24 bits per heavy atom. The maximum absolute atomic E-state index is 11.3. The SMILES string of the molecule is Cc1sc(-n2nc(-c3ccccc3)cc2N=O)nc1-c1ccccc1. The summed E-state index contributed by atoms with van der Waals surface area (Å²) in [5.74, 6) is 0.243. The van der Waals surface area contributed by atoms with Crippen molar-refractivity contribution in [1.82, 2.24) is 14.8 Å². The summed E-state index contributed by atoms with van der Waals surface area (Å²) in [6.07, 6.45) is 0. The number of nitroso groups, excluding NO2 is 1. The molecule has 4 rings (SSSR count). The molecule has 6 heteroatoms. The molecule has 122 valence electrons. The van der Waals surface area contributed by atoms with E-state index in [1.165, 1.54) is 16.0 Å². The van der Waals surface area contributed by atoms with Crippen molar-refractivity contribution in [2.45, 2.75) is 6.92 Å². The first-order valence-corrected chi connectivity index (χ1v) is 8.60. The smallest absolute Gasteiger partial charge is 0.213 e. The molecule has 0 spiro atoms. The topological polar surface area (TPSA) is 60.1 Å². The monoisotopic (exact) mass is 346 g/mol. The zero-order chi connectivity index (χ0) is 17.2. The van der Waals surface area contributed by atoms with Crippen molar-refractivity contribution >= 4 is 17.2 Å². The zero-order valence-corrected chi connectivity index (χ0v) is 14.3. The highest BCUT2D eigenvalue weighted by atomic mass is 32.1. The van der Waals surface area contributed by atoms with Gasteiger partial charge in [0.15, 0.2) is 0 Å². The Balaban J connectivity index is 1.80. The molecule has 0 fully saturated rings. The summed E-state index contributed by atoms with van der Waals surface area (Å²) in [6, 6.07) is 21.4. The van der Waals surface area contributed by atoms with Gasteiger partial charge in [-0.25, -0.2) is 4.98 Å². The van der Waals surface area contributed by atoms with Crippen LogP contribution in [-0.2, 0) is 0 Å². The van der Waals surface area contributed by atoms with E-state index in [0.717, 1.165) is 21.7 Å². The lowest BCUT2D eigenvalue weighted by Gasteiger charge is -1.98. The third-order valence-corrected chi connectivity index (χ3v) is 4.81. The van der Waals surface area contributed by atoms with Gasteiger partial charge in [0, 0.05) is 22.1 Å². The second-order valence-electron chi connectivity index (χ2n) is 5.52. The first-order valence-electron chi connectivity index (χ1n) is 7.78. The minimum absolute atomic E-state index is 0.243. The second-order valence-corrected chi connectivity index (χ2v) is 6.71. The molecule has 0 aliphatic carbocycles. The van der Waals surface area contributed by atoms with Crippen LogP contribution in [0.25, 0.3) is 27.6 Å². The molecule has 0 bridgehead atoms. The van der Waals surface area contributed by atoms with Gasteiger partial charge in [0.1, 0.15) is 0 Å². The number of thiazole rings is 1. The quantitative estimate of drug-likeness (QED) is 0.467. The predicted octanol–water partition coefficient (Wildman–Crippen LogP) is 5.37. The summed E-state index contributed by atoms with van der Waals surface area (Å²) >= 11 is 1.49. The molecule has 0 saturated heterocycles. The van der Waals surface area contributed by atoms with Crippen LogP contribution < -0.4 is 0 Å². The van der Waals surface area contributed by atoms with E-state index in [2.05, 4.69) is 15.3 Å². The summed E-state index contributed by atoms with van der Waals surface area (Å²) in [4.78, 5) is 17.0. The molecule has 0 aliphatic rings. The number of nitrogens with zero attached hydrogens (tertiary/aromatic N) is 4. The Morgan fingerprint density at radius 1 is 0.960 bits per heavy atom. The van der Waals surface area contributed by atoms with Gasteiger partial charge in [-0.05, 0) is 12.1 Å². The van der Waals surface area contributed by atoms with E-state index in [-0.39, 0.29) is 5.82 Å². The fourth-order valence-electron chi connectivity index (χ4n) is 2.66. The van der Waals surface area contributed by atoms with Crippen LogP contribution in [0.15, 0.2) is 71.9 Å². The fourth-order valence-corrected chi connectivity index (χ4v) is 3.56. The van der Waals surface area contributed by atoms with E-state index in [1.807, 2.05) is 67.6 Å². The lowest BCUT2D eigenvalue weighted by Crippen LogP contribution is -1.95. The molecule has 5 nitrogen and oxygen atoms in total. The van der Waals surface area contributed by atoms with Crippen LogP contribution in [0, 0.1) is 11.8 Å². The standard InChI is InChI=1S/C19H14N4OS/c1-13-18(15-10-6-3-7-11-15)20-19(25-13)23-17(22-24)12-16(21-23)14-8-4-2-5-9-14/h2-12H,1H3. The Bertz CT molecular complexity index is 1020. The van der Waals surface area contributed by atoms with Gasteiger partial charge in [-0.15, -0.1) is 4.91 Å². The number of aromatic nitrogens is 3. The third-order valence-electron chi connectivity index (χ3n) is 3.87. The number of hydrogen-bond donors (Lipinski definition) is 0. The average molecular weight is 346 g/mol. The van der Waals surface area contributed by atoms with Crippen LogP contribution in [0.3, 0.4) is 0 Å². The van der Waals surface area contributed by atoms with Gasteiger partial charge in [-0.2, -0.15) is 9.78 Å². The molecule has 0 atom stereocenters. The average Bonchev–Trinajstić information content (AvgIpc) is 3.26. The van der Waals surface area contributed by atoms with Crippen molar-refractivity contribution in [3.63, 3.8) is 0 Å². The molecule has 2 aromatic heterocycles. The van der Waals surface area contributed by atoms with Gasteiger partial charge in [0.05, 0.1) is 11.4 Å². The van der Waals surface area contributed by atoms with Gasteiger partial charge in [0.25, 0.3) is 0 Å². The molecule has 0 amide bonds. The van der Waals surface area contributed by atoms with Gasteiger partial charge in [-0.3, -0.25) is 0 Å². The van der Waals surface area contributed by atoms with Crippen LogP contribution in [0.5, 0.6) is 0 Å². The number of aryl methyl sites for hydroxylation is 1. The molecule has 25 heavy (non-hydrogen) atoms. The van der Waals surface area contributed by atoms with E-state index in [9.17, 15) is 4.91 Å². The Morgan fingerprint density at radius 2 is 1.60 bits per heavy atom. The van der Waals surface area contributed by atoms with Crippen molar-refractivity contribution < 1.29 is 0 Å². The lowest BCUT2D eigenvalue weighted by atomic mass is 10.1. The molecule has 0 radical (unpaired) electrons. The minimum Gasteiger partial charge on any atom is -0.218 e. The fraction of sp³-hybridized carbons (Fsp3) is 0.0526. The molecule has 0 unspecified atom stereocenters. The van der Waals surface area contributed by atoms with Crippen LogP contribution in [0.1, 0.15) is 4.88 Å². The van der Waals surface area contributed by atoms with Gasteiger partial charge in [0.2, 0.25) is 10.9 Å². The van der Waals surface area contributed by atoms with Crippen molar-refractivity contribution in [3.8, 4) is 27.6 Å². The summed E-state index contributed by atoms with van der Waals surface area (Å²) < 4.78 is 1.51.